The Kier molecular flexibility index (Phi) is 4.43. The predicted octanol–water partition coefficient (Wildman–Crippen LogP) is 4.34. The molecule has 5 heteroatoms. The van der Waals surface area contributed by atoms with Crippen molar-refractivity contribution in [3.05, 3.63) is 29.0 Å². The monoisotopic (exact) mass is 315 g/mol. The fraction of sp³-hybridized carbons (Fsp3) is 0.600. The van der Waals surface area contributed by atoms with Crippen LogP contribution in [0.15, 0.2) is 18.2 Å². The van der Waals surface area contributed by atoms with Crippen molar-refractivity contribution < 1.29 is 9.13 Å². The van der Waals surface area contributed by atoms with Crippen molar-refractivity contribution in [3.8, 4) is 0 Å². The zero-order valence-electron chi connectivity index (χ0n) is 11.3. The van der Waals surface area contributed by atoms with E-state index in [4.69, 9.17) is 16.3 Å². The van der Waals surface area contributed by atoms with Crippen molar-refractivity contribution in [3.63, 3.8) is 0 Å². The van der Waals surface area contributed by atoms with Crippen LogP contribution in [0.1, 0.15) is 25.7 Å². The summed E-state index contributed by atoms with van der Waals surface area (Å²) in [5.74, 6) is 2.00. The van der Waals surface area contributed by atoms with Gasteiger partial charge in [0, 0.05) is 18.3 Å². The molecule has 1 N–H and O–H groups in total. The van der Waals surface area contributed by atoms with Crippen LogP contribution in [0.25, 0.3) is 0 Å². The lowest BCUT2D eigenvalue weighted by Gasteiger charge is -2.43. The first-order chi connectivity index (χ1) is 9.67. The van der Waals surface area contributed by atoms with E-state index in [1.165, 1.54) is 17.6 Å². The van der Waals surface area contributed by atoms with Gasteiger partial charge in [0.25, 0.3) is 0 Å². The summed E-state index contributed by atoms with van der Waals surface area (Å²) < 4.78 is 19.6. The highest BCUT2D eigenvalue weighted by atomic mass is 35.5. The molecular weight excluding hydrogens is 297 g/mol. The lowest BCUT2D eigenvalue weighted by molar-refractivity contribution is -0.0865. The molecule has 1 aromatic carbocycles. The smallest absolute Gasteiger partial charge is 0.143 e. The molecule has 1 unspecified atom stereocenters. The molecule has 0 aromatic heterocycles. The third-order valence-electron chi connectivity index (χ3n) is 4.19. The van der Waals surface area contributed by atoms with E-state index in [0.717, 1.165) is 38.0 Å². The zero-order chi connectivity index (χ0) is 14.0. The molecule has 2 nitrogen and oxygen atoms in total. The van der Waals surface area contributed by atoms with E-state index >= 15 is 0 Å². The molecule has 2 fully saturated rings. The summed E-state index contributed by atoms with van der Waals surface area (Å²) in [4.78, 5) is 0. The molecule has 0 saturated carbocycles. The minimum absolute atomic E-state index is 0.0478. The number of hydrogen-bond donors (Lipinski definition) is 1. The third-order valence-corrected chi connectivity index (χ3v) is 5.48. The summed E-state index contributed by atoms with van der Waals surface area (Å²) in [5.41, 5.74) is 0.853. The Morgan fingerprint density at radius 3 is 2.90 bits per heavy atom. The van der Waals surface area contributed by atoms with Crippen LogP contribution in [-0.2, 0) is 4.74 Å². The number of nitrogens with one attached hydrogen (secondary N) is 1. The van der Waals surface area contributed by atoms with Gasteiger partial charge in [0.2, 0.25) is 0 Å². The van der Waals surface area contributed by atoms with E-state index in [9.17, 15) is 4.39 Å². The summed E-state index contributed by atoms with van der Waals surface area (Å²) in [7, 11) is 0. The van der Waals surface area contributed by atoms with Gasteiger partial charge in [0.1, 0.15) is 5.82 Å². The van der Waals surface area contributed by atoms with Crippen LogP contribution in [0.3, 0.4) is 0 Å². The summed E-state index contributed by atoms with van der Waals surface area (Å²) in [6.45, 7) is 0.790. The zero-order valence-corrected chi connectivity index (χ0v) is 12.9. The van der Waals surface area contributed by atoms with E-state index in [1.54, 1.807) is 6.07 Å². The summed E-state index contributed by atoms with van der Waals surface area (Å²) in [5, 5.41) is 3.60. The molecule has 1 aromatic rings. The van der Waals surface area contributed by atoms with Crippen molar-refractivity contribution >= 4 is 29.1 Å². The molecule has 1 atom stereocenters. The SMILES string of the molecule is Fc1cc(NC2CCOC3(CCSCC3)C2)ccc1Cl. The highest BCUT2D eigenvalue weighted by Gasteiger charge is 2.38. The maximum absolute atomic E-state index is 13.5. The largest absolute Gasteiger partial charge is 0.382 e. The number of halogens is 2. The highest BCUT2D eigenvalue weighted by molar-refractivity contribution is 7.99. The van der Waals surface area contributed by atoms with E-state index in [2.05, 4.69) is 5.32 Å². The molecule has 0 bridgehead atoms. The minimum atomic E-state index is -0.368. The van der Waals surface area contributed by atoms with Crippen LogP contribution in [-0.4, -0.2) is 29.8 Å². The van der Waals surface area contributed by atoms with Gasteiger partial charge in [-0.15, -0.1) is 0 Å². The van der Waals surface area contributed by atoms with Gasteiger partial charge in [-0.05, 0) is 55.4 Å². The summed E-state index contributed by atoms with van der Waals surface area (Å²) in [6.07, 6.45) is 4.24. The average Bonchev–Trinajstić information content (AvgIpc) is 2.44. The first-order valence-electron chi connectivity index (χ1n) is 7.10. The Balaban J connectivity index is 1.66. The van der Waals surface area contributed by atoms with E-state index in [-0.39, 0.29) is 16.4 Å². The Hall–Kier alpha value is -0.450. The van der Waals surface area contributed by atoms with Gasteiger partial charge in [-0.1, -0.05) is 11.6 Å². The molecule has 0 radical (unpaired) electrons. The van der Waals surface area contributed by atoms with Crippen molar-refractivity contribution in [1.82, 2.24) is 0 Å². The molecule has 2 heterocycles. The van der Waals surface area contributed by atoms with Crippen LogP contribution in [0, 0.1) is 5.82 Å². The van der Waals surface area contributed by atoms with Crippen LogP contribution in [0.4, 0.5) is 10.1 Å². The number of rotatable bonds is 2. The Labute approximate surface area is 128 Å². The fourth-order valence-corrected chi connectivity index (χ4v) is 4.42. The van der Waals surface area contributed by atoms with Gasteiger partial charge in [-0.3, -0.25) is 0 Å². The molecular formula is C15H19ClFNOS. The number of benzene rings is 1. The second kappa shape index (κ2) is 6.12. The van der Waals surface area contributed by atoms with Gasteiger partial charge in [-0.2, -0.15) is 11.8 Å². The topological polar surface area (TPSA) is 21.3 Å². The average molecular weight is 316 g/mol. The van der Waals surface area contributed by atoms with Crippen LogP contribution in [0.5, 0.6) is 0 Å². The molecule has 3 rings (SSSR count). The van der Waals surface area contributed by atoms with E-state index in [0.29, 0.717) is 6.04 Å². The molecule has 0 aliphatic carbocycles. The van der Waals surface area contributed by atoms with Crippen molar-refractivity contribution in [2.75, 3.05) is 23.4 Å². The quantitative estimate of drug-likeness (QED) is 0.877. The molecule has 1 spiro atoms. The number of thioether (sulfide) groups is 1. The van der Waals surface area contributed by atoms with Crippen LogP contribution >= 0.6 is 23.4 Å². The fourth-order valence-electron chi connectivity index (χ4n) is 3.06. The van der Waals surface area contributed by atoms with Crippen molar-refractivity contribution in [1.29, 1.82) is 0 Å². The Bertz CT molecular complexity index is 473. The predicted molar refractivity (Wildman–Crippen MR) is 83.3 cm³/mol. The lowest BCUT2D eigenvalue weighted by atomic mass is 9.85. The number of hydrogen-bond acceptors (Lipinski definition) is 3. The summed E-state index contributed by atoms with van der Waals surface area (Å²) >= 11 is 7.72. The molecule has 0 amide bonds. The van der Waals surface area contributed by atoms with Gasteiger partial charge < -0.3 is 10.1 Å². The number of ether oxygens (including phenoxy) is 1. The Morgan fingerprint density at radius 2 is 2.15 bits per heavy atom. The van der Waals surface area contributed by atoms with E-state index < -0.39 is 0 Å². The second-order valence-corrected chi connectivity index (χ2v) is 7.24. The molecule has 2 saturated heterocycles. The standard InChI is InChI=1S/C15H19ClFNOS/c16-13-2-1-11(9-14(13)17)18-12-3-6-19-15(10-12)4-7-20-8-5-15/h1-2,9,12,18H,3-8,10H2. The van der Waals surface area contributed by atoms with Crippen LogP contribution in [0.2, 0.25) is 5.02 Å². The van der Waals surface area contributed by atoms with Gasteiger partial charge in [0.05, 0.1) is 10.6 Å². The van der Waals surface area contributed by atoms with Gasteiger partial charge in [0.15, 0.2) is 0 Å². The van der Waals surface area contributed by atoms with Gasteiger partial charge in [-0.25, -0.2) is 4.39 Å². The third kappa shape index (κ3) is 3.23. The lowest BCUT2D eigenvalue weighted by Crippen LogP contribution is -2.46. The Morgan fingerprint density at radius 1 is 1.35 bits per heavy atom. The molecule has 2 aliphatic heterocycles. The molecule has 20 heavy (non-hydrogen) atoms. The summed E-state index contributed by atoms with van der Waals surface area (Å²) in [6, 6.07) is 5.27. The molecule has 2 aliphatic rings. The normalized spacial score (nSPS) is 25.6. The first-order valence-corrected chi connectivity index (χ1v) is 8.63. The molecule has 110 valence electrons. The first kappa shape index (κ1) is 14.5. The van der Waals surface area contributed by atoms with Crippen LogP contribution < -0.4 is 5.32 Å². The van der Waals surface area contributed by atoms with Crippen molar-refractivity contribution in [2.24, 2.45) is 0 Å². The van der Waals surface area contributed by atoms with E-state index in [1.807, 2.05) is 17.8 Å². The van der Waals surface area contributed by atoms with Crippen molar-refractivity contribution in [2.45, 2.75) is 37.3 Å². The second-order valence-electron chi connectivity index (χ2n) is 5.61. The minimum Gasteiger partial charge on any atom is -0.382 e. The maximum atomic E-state index is 13.5. The highest BCUT2D eigenvalue weighted by Crippen LogP contribution is 2.38. The number of anilines is 1. The van der Waals surface area contributed by atoms with Gasteiger partial charge >= 0.3 is 0 Å². The maximum Gasteiger partial charge on any atom is 0.143 e.